The number of aliphatic hydroxyl groups excluding tert-OH is 1. The number of nitrogens with zero attached hydrogens (tertiary/aromatic N) is 2. The number of hydrogen-bond donors (Lipinski definition) is 1. The van der Waals surface area contributed by atoms with E-state index >= 15 is 0 Å². The number of aromatic nitrogens is 2. The highest BCUT2D eigenvalue weighted by Gasteiger charge is 2.38. The highest BCUT2D eigenvalue weighted by Crippen LogP contribution is 2.39. The molecule has 19 heavy (non-hydrogen) atoms. The van der Waals surface area contributed by atoms with Crippen molar-refractivity contribution >= 4 is 5.78 Å². The largest absolute Gasteiger partial charge is 0.394 e. The maximum atomic E-state index is 12.5. The third-order valence-corrected chi connectivity index (χ3v) is 3.64. The van der Waals surface area contributed by atoms with Gasteiger partial charge in [-0.2, -0.15) is 5.10 Å². The molecule has 0 unspecified atom stereocenters. The van der Waals surface area contributed by atoms with Gasteiger partial charge in [-0.25, -0.2) is 0 Å². The number of rotatable bonds is 2. The predicted octanol–water partition coefficient (Wildman–Crippen LogP) is 2.33. The van der Waals surface area contributed by atoms with Gasteiger partial charge in [0.25, 0.3) is 0 Å². The molecule has 0 bridgehead atoms. The van der Waals surface area contributed by atoms with Gasteiger partial charge < -0.3 is 5.11 Å². The molecule has 0 fully saturated rings. The summed E-state index contributed by atoms with van der Waals surface area (Å²) >= 11 is 0. The number of aliphatic hydroxyl groups is 1. The Labute approximate surface area is 114 Å². The summed E-state index contributed by atoms with van der Waals surface area (Å²) in [5, 5.41) is 13.8. The van der Waals surface area contributed by atoms with E-state index in [-0.39, 0.29) is 23.2 Å². The molecule has 0 spiro atoms. The molecule has 0 atom stereocenters. The molecule has 1 aromatic rings. The van der Waals surface area contributed by atoms with Crippen LogP contribution in [-0.2, 0) is 18.4 Å². The third kappa shape index (κ3) is 2.59. The van der Waals surface area contributed by atoms with Gasteiger partial charge in [-0.3, -0.25) is 9.48 Å². The van der Waals surface area contributed by atoms with Gasteiger partial charge in [-0.1, -0.05) is 34.6 Å². The number of Topliss-reactive ketones (excluding diaryl/α,β-unsaturated/α-hetero) is 1. The number of ketones is 1. The summed E-state index contributed by atoms with van der Waals surface area (Å²) in [7, 11) is 0. The van der Waals surface area contributed by atoms with E-state index in [1.54, 1.807) is 0 Å². The summed E-state index contributed by atoms with van der Waals surface area (Å²) in [4.78, 5) is 12.5. The molecule has 0 aromatic carbocycles. The number of hydrogen-bond acceptors (Lipinski definition) is 3. The Kier molecular flexibility index (Phi) is 3.33. The van der Waals surface area contributed by atoms with Crippen molar-refractivity contribution in [3.8, 4) is 0 Å². The van der Waals surface area contributed by atoms with Crippen LogP contribution in [0.2, 0.25) is 0 Å². The molecular formula is C15H24N2O2. The van der Waals surface area contributed by atoms with Crippen molar-refractivity contribution in [1.29, 1.82) is 0 Å². The van der Waals surface area contributed by atoms with Gasteiger partial charge >= 0.3 is 0 Å². The van der Waals surface area contributed by atoms with Gasteiger partial charge in [0.05, 0.1) is 30.1 Å². The highest BCUT2D eigenvalue weighted by atomic mass is 16.3. The van der Waals surface area contributed by atoms with Crippen LogP contribution in [0.25, 0.3) is 0 Å². The zero-order valence-corrected chi connectivity index (χ0v) is 12.6. The molecule has 1 heterocycles. The van der Waals surface area contributed by atoms with E-state index in [4.69, 9.17) is 0 Å². The van der Waals surface area contributed by atoms with Crippen molar-refractivity contribution in [2.45, 2.75) is 59.4 Å². The molecule has 1 N–H and O–H groups in total. The van der Waals surface area contributed by atoms with Crippen LogP contribution in [0.3, 0.4) is 0 Å². The van der Waals surface area contributed by atoms with Gasteiger partial charge in [0.2, 0.25) is 0 Å². The van der Waals surface area contributed by atoms with Crippen molar-refractivity contribution in [2.75, 3.05) is 6.61 Å². The lowest BCUT2D eigenvalue weighted by Gasteiger charge is -2.30. The second-order valence-corrected chi connectivity index (χ2v) is 7.31. The van der Waals surface area contributed by atoms with E-state index in [0.717, 1.165) is 23.4 Å². The highest BCUT2D eigenvalue weighted by molar-refractivity contribution is 6.00. The fourth-order valence-electron chi connectivity index (χ4n) is 2.81. The summed E-state index contributed by atoms with van der Waals surface area (Å²) in [5.41, 5.74) is 2.51. The molecule has 106 valence electrons. The quantitative estimate of drug-likeness (QED) is 0.892. The number of fused-ring (bicyclic) bond motifs is 1. The minimum absolute atomic E-state index is 0.0214. The monoisotopic (exact) mass is 264 g/mol. The Hall–Kier alpha value is -1.16. The molecule has 0 radical (unpaired) electrons. The summed E-state index contributed by atoms with van der Waals surface area (Å²) in [6.45, 7) is 11.0. The molecule has 1 aromatic heterocycles. The van der Waals surface area contributed by atoms with Crippen LogP contribution >= 0.6 is 0 Å². The Balaban J connectivity index is 2.61. The lowest BCUT2D eigenvalue weighted by molar-refractivity contribution is 0.0907. The normalized spacial score (nSPS) is 18.5. The Morgan fingerprint density at radius 1 is 1.32 bits per heavy atom. The summed E-state index contributed by atoms with van der Waals surface area (Å²) in [6.07, 6.45) is 1.42. The first-order chi connectivity index (χ1) is 8.65. The van der Waals surface area contributed by atoms with Crippen LogP contribution in [0.15, 0.2) is 0 Å². The first kappa shape index (κ1) is 14.3. The van der Waals surface area contributed by atoms with Crippen LogP contribution in [0, 0.1) is 5.41 Å². The third-order valence-electron chi connectivity index (χ3n) is 3.64. The molecule has 4 heteroatoms. The van der Waals surface area contributed by atoms with E-state index in [9.17, 15) is 9.90 Å². The maximum Gasteiger partial charge on any atom is 0.167 e. The summed E-state index contributed by atoms with van der Waals surface area (Å²) < 4.78 is 1.83. The van der Waals surface area contributed by atoms with Crippen LogP contribution in [-0.4, -0.2) is 27.3 Å². The molecule has 1 aliphatic rings. The second kappa shape index (κ2) is 4.44. The van der Waals surface area contributed by atoms with E-state index in [1.165, 1.54) is 0 Å². The van der Waals surface area contributed by atoms with Crippen LogP contribution in [0.5, 0.6) is 0 Å². The van der Waals surface area contributed by atoms with Gasteiger partial charge in [0, 0.05) is 11.8 Å². The first-order valence-corrected chi connectivity index (χ1v) is 6.90. The van der Waals surface area contributed by atoms with Gasteiger partial charge in [0.15, 0.2) is 5.78 Å². The van der Waals surface area contributed by atoms with Crippen molar-refractivity contribution in [1.82, 2.24) is 9.78 Å². The lowest BCUT2D eigenvalue weighted by Crippen LogP contribution is -2.29. The molecule has 0 saturated carbocycles. The molecule has 0 aliphatic heterocycles. The van der Waals surface area contributed by atoms with Gasteiger partial charge in [-0.05, 0) is 11.8 Å². The number of carbonyl (C=O) groups is 1. The SMILES string of the molecule is CC1(C)CC(=O)c2c(C(C)(C)C)nn(CCO)c2C1. The van der Waals surface area contributed by atoms with Crippen molar-refractivity contribution < 1.29 is 9.90 Å². The molecule has 0 saturated heterocycles. The fraction of sp³-hybridized carbons (Fsp3) is 0.733. The van der Waals surface area contributed by atoms with Gasteiger partial charge in [0.1, 0.15) is 0 Å². The number of carbonyl (C=O) groups excluding carboxylic acids is 1. The zero-order valence-electron chi connectivity index (χ0n) is 12.6. The van der Waals surface area contributed by atoms with Crippen molar-refractivity contribution in [2.24, 2.45) is 5.41 Å². The Bertz CT molecular complexity index is 507. The Morgan fingerprint density at radius 2 is 1.95 bits per heavy atom. The molecule has 2 rings (SSSR count). The summed E-state index contributed by atoms with van der Waals surface area (Å²) in [6, 6.07) is 0. The van der Waals surface area contributed by atoms with E-state index in [1.807, 2.05) is 4.68 Å². The van der Waals surface area contributed by atoms with Crippen LogP contribution in [0.1, 0.15) is 62.8 Å². The van der Waals surface area contributed by atoms with Crippen molar-refractivity contribution in [3.63, 3.8) is 0 Å². The van der Waals surface area contributed by atoms with Crippen LogP contribution < -0.4 is 0 Å². The molecule has 1 aliphatic carbocycles. The van der Waals surface area contributed by atoms with Crippen molar-refractivity contribution in [3.05, 3.63) is 17.0 Å². The molecule has 4 nitrogen and oxygen atoms in total. The van der Waals surface area contributed by atoms with Gasteiger partial charge in [-0.15, -0.1) is 0 Å². The van der Waals surface area contributed by atoms with E-state index in [0.29, 0.717) is 13.0 Å². The average Bonchev–Trinajstić information content (AvgIpc) is 2.56. The minimum atomic E-state index is -0.151. The predicted molar refractivity (Wildman–Crippen MR) is 74.4 cm³/mol. The zero-order chi connectivity index (χ0) is 14.4. The topological polar surface area (TPSA) is 55.1 Å². The average molecular weight is 264 g/mol. The maximum absolute atomic E-state index is 12.5. The van der Waals surface area contributed by atoms with Crippen LogP contribution in [0.4, 0.5) is 0 Å². The Morgan fingerprint density at radius 3 is 2.47 bits per heavy atom. The molecular weight excluding hydrogens is 240 g/mol. The first-order valence-electron chi connectivity index (χ1n) is 6.90. The minimum Gasteiger partial charge on any atom is -0.394 e. The molecule has 0 amide bonds. The smallest absolute Gasteiger partial charge is 0.167 e. The summed E-state index contributed by atoms with van der Waals surface area (Å²) in [5.74, 6) is 0.195. The van der Waals surface area contributed by atoms with E-state index in [2.05, 4.69) is 39.7 Å². The van der Waals surface area contributed by atoms with E-state index < -0.39 is 0 Å². The lowest BCUT2D eigenvalue weighted by atomic mass is 9.73. The fourth-order valence-corrected chi connectivity index (χ4v) is 2.81. The standard InChI is InChI=1S/C15H24N2O2/c1-14(2,3)13-12-10(17(16-13)6-7-18)8-15(4,5)9-11(12)19/h18H,6-9H2,1-5H3. The second-order valence-electron chi connectivity index (χ2n) is 7.31.